The van der Waals surface area contributed by atoms with E-state index in [0.29, 0.717) is 25.7 Å². The molecular formula is C22H32O6S. The molecule has 6 nitrogen and oxygen atoms in total. The topological polar surface area (TPSA) is 104 Å². The van der Waals surface area contributed by atoms with E-state index < -0.39 is 39.0 Å². The summed E-state index contributed by atoms with van der Waals surface area (Å²) in [7, 11) is -3.53. The van der Waals surface area contributed by atoms with Crippen LogP contribution < -0.4 is 0 Å². The number of ether oxygens (including phenoxy) is 1. The zero-order chi connectivity index (χ0) is 21.1. The number of rotatable bonds is 6. The molecule has 3 N–H and O–H groups in total. The number of hydrogen-bond acceptors (Lipinski definition) is 6. The van der Waals surface area contributed by atoms with Crippen LogP contribution >= 0.6 is 0 Å². The molecule has 5 rings (SSSR count). The van der Waals surface area contributed by atoms with Gasteiger partial charge in [0.2, 0.25) is 0 Å². The first-order valence-corrected chi connectivity index (χ1v) is 12.1. The first-order chi connectivity index (χ1) is 13.6. The van der Waals surface area contributed by atoms with Gasteiger partial charge in [0, 0.05) is 17.4 Å². The van der Waals surface area contributed by atoms with E-state index in [1.807, 2.05) is 0 Å². The summed E-state index contributed by atoms with van der Waals surface area (Å²) in [4.78, 5) is 0.282. The van der Waals surface area contributed by atoms with Crippen molar-refractivity contribution in [2.24, 2.45) is 22.2 Å². The van der Waals surface area contributed by atoms with Crippen LogP contribution in [0, 0.1) is 22.2 Å². The highest BCUT2D eigenvalue weighted by Crippen LogP contribution is 2.71. The fourth-order valence-electron chi connectivity index (χ4n) is 6.68. The Labute approximate surface area is 172 Å². The summed E-state index contributed by atoms with van der Waals surface area (Å²) in [6.07, 6.45) is 0.579. The molecule has 0 amide bonds. The average Bonchev–Trinajstić information content (AvgIpc) is 2.69. The summed E-state index contributed by atoms with van der Waals surface area (Å²) in [6, 6.07) is 8.41. The number of benzene rings is 1. The smallest absolute Gasteiger partial charge is 0.180 e. The minimum Gasteiger partial charge on any atom is -0.396 e. The maximum atomic E-state index is 13.0. The summed E-state index contributed by atoms with van der Waals surface area (Å²) in [5.41, 5.74) is -1.53. The summed E-state index contributed by atoms with van der Waals surface area (Å²) in [5, 5.41) is 31.1. The first kappa shape index (κ1) is 21.2. The molecule has 1 aromatic carbocycles. The Balaban J connectivity index is 1.73. The van der Waals surface area contributed by atoms with Gasteiger partial charge in [0.1, 0.15) is 0 Å². The van der Waals surface area contributed by atoms with Crippen molar-refractivity contribution in [2.45, 2.75) is 62.7 Å². The lowest BCUT2D eigenvalue weighted by Gasteiger charge is -2.73. The van der Waals surface area contributed by atoms with Gasteiger partial charge in [0.05, 0.1) is 35.6 Å². The van der Waals surface area contributed by atoms with Gasteiger partial charge >= 0.3 is 0 Å². The standard InChI is InChI=1S/C22H32O6S/c1-20(2)16-12-21(10-11-23)18(25)8-9-22(20,14-24)19(21)28-17(16)13-29(26,27)15-6-4-3-5-7-15/h3-7,16-19,23-25H,8-14H2,1-2H3/t16-,17-,18?,19-,21-,22-/m0/s1. The van der Waals surface area contributed by atoms with Crippen LogP contribution in [-0.4, -0.2) is 61.0 Å². The van der Waals surface area contributed by atoms with Crippen molar-refractivity contribution < 1.29 is 28.5 Å². The van der Waals surface area contributed by atoms with E-state index in [9.17, 15) is 23.7 Å². The summed E-state index contributed by atoms with van der Waals surface area (Å²) >= 11 is 0. The maximum absolute atomic E-state index is 13.0. The number of aliphatic hydroxyl groups excluding tert-OH is 3. The lowest BCUT2D eigenvalue weighted by Crippen LogP contribution is -2.76. The van der Waals surface area contributed by atoms with Gasteiger partial charge in [-0.3, -0.25) is 0 Å². The van der Waals surface area contributed by atoms with Crippen LogP contribution in [0.3, 0.4) is 0 Å². The Hall–Kier alpha value is -0.990. The molecule has 4 bridgehead atoms. The fraction of sp³-hybridized carbons (Fsp3) is 0.727. The quantitative estimate of drug-likeness (QED) is 0.643. The normalized spacial score (nSPS) is 40.7. The molecule has 2 saturated heterocycles. The molecule has 4 fully saturated rings. The average molecular weight is 425 g/mol. The predicted octanol–water partition coefficient (Wildman–Crippen LogP) is 1.78. The van der Waals surface area contributed by atoms with E-state index >= 15 is 0 Å². The molecule has 7 heteroatoms. The van der Waals surface area contributed by atoms with Gasteiger partial charge in [-0.25, -0.2) is 8.42 Å². The molecular weight excluding hydrogens is 392 g/mol. The fourth-order valence-corrected chi connectivity index (χ4v) is 8.18. The summed E-state index contributed by atoms with van der Waals surface area (Å²) in [5.74, 6) is -0.256. The van der Waals surface area contributed by atoms with Crippen LogP contribution in [0.15, 0.2) is 35.2 Å². The first-order valence-electron chi connectivity index (χ1n) is 10.5. The second kappa shape index (κ2) is 7.02. The third kappa shape index (κ3) is 2.85. The van der Waals surface area contributed by atoms with Crippen molar-refractivity contribution in [1.82, 2.24) is 0 Å². The zero-order valence-electron chi connectivity index (χ0n) is 17.1. The van der Waals surface area contributed by atoms with E-state index in [0.717, 1.165) is 0 Å². The van der Waals surface area contributed by atoms with Gasteiger partial charge in [-0.15, -0.1) is 0 Å². The van der Waals surface area contributed by atoms with E-state index in [2.05, 4.69) is 13.8 Å². The van der Waals surface area contributed by atoms with Gasteiger partial charge in [0.25, 0.3) is 0 Å². The molecule has 6 atom stereocenters. The zero-order valence-corrected chi connectivity index (χ0v) is 17.9. The van der Waals surface area contributed by atoms with E-state index in [-0.39, 0.29) is 35.2 Å². The third-order valence-electron chi connectivity index (χ3n) is 8.47. The van der Waals surface area contributed by atoms with E-state index in [4.69, 9.17) is 4.74 Å². The van der Waals surface area contributed by atoms with Crippen LogP contribution in [0.4, 0.5) is 0 Å². The number of sulfone groups is 1. The number of hydrogen-bond donors (Lipinski definition) is 3. The van der Waals surface area contributed by atoms with Crippen molar-refractivity contribution in [3.8, 4) is 0 Å². The minimum atomic E-state index is -3.53. The molecule has 0 aromatic heterocycles. The van der Waals surface area contributed by atoms with Gasteiger partial charge in [0.15, 0.2) is 9.84 Å². The second-order valence-corrected chi connectivity index (χ2v) is 11.8. The van der Waals surface area contributed by atoms with Crippen LogP contribution in [0.2, 0.25) is 0 Å². The van der Waals surface area contributed by atoms with E-state index in [1.54, 1.807) is 30.3 Å². The number of fused-ring (bicyclic) bond motifs is 1. The van der Waals surface area contributed by atoms with Crippen molar-refractivity contribution in [1.29, 1.82) is 0 Å². The Morgan fingerprint density at radius 3 is 2.48 bits per heavy atom. The highest BCUT2D eigenvalue weighted by molar-refractivity contribution is 7.91. The second-order valence-electron chi connectivity index (χ2n) is 9.76. The lowest BCUT2D eigenvalue weighted by atomic mass is 9.38. The van der Waals surface area contributed by atoms with Crippen LogP contribution in [0.5, 0.6) is 0 Å². The highest BCUT2D eigenvalue weighted by atomic mass is 32.2. The van der Waals surface area contributed by atoms with Crippen molar-refractivity contribution in [3.63, 3.8) is 0 Å². The molecule has 0 radical (unpaired) electrons. The van der Waals surface area contributed by atoms with Gasteiger partial charge in [-0.1, -0.05) is 32.0 Å². The third-order valence-corrected chi connectivity index (χ3v) is 10.2. The lowest BCUT2D eigenvalue weighted by molar-refractivity contribution is -0.353. The molecule has 1 aromatic rings. The highest BCUT2D eigenvalue weighted by Gasteiger charge is 2.73. The molecule has 2 heterocycles. The van der Waals surface area contributed by atoms with Crippen molar-refractivity contribution in [2.75, 3.05) is 19.0 Å². The van der Waals surface area contributed by atoms with Crippen LogP contribution in [0.25, 0.3) is 0 Å². The monoisotopic (exact) mass is 424 g/mol. The summed E-state index contributed by atoms with van der Waals surface area (Å²) in [6.45, 7) is 4.07. The molecule has 29 heavy (non-hydrogen) atoms. The SMILES string of the molecule is CC1(C)[C@H]2C[C@@]3(CCO)C(O)CC[C@]1(CO)[C@H]3O[C@H]2CS(=O)(=O)c1ccccc1. The van der Waals surface area contributed by atoms with Crippen LogP contribution in [-0.2, 0) is 14.6 Å². The Morgan fingerprint density at radius 1 is 1.17 bits per heavy atom. The molecule has 2 aliphatic carbocycles. The van der Waals surface area contributed by atoms with Gasteiger partial charge in [-0.2, -0.15) is 0 Å². The molecule has 0 spiro atoms. The number of aliphatic hydroxyl groups is 3. The van der Waals surface area contributed by atoms with Gasteiger partial charge in [-0.05, 0) is 49.1 Å². The Kier molecular flexibility index (Phi) is 5.15. The van der Waals surface area contributed by atoms with E-state index in [1.165, 1.54) is 0 Å². The predicted molar refractivity (Wildman–Crippen MR) is 108 cm³/mol. The Morgan fingerprint density at radius 2 is 1.86 bits per heavy atom. The van der Waals surface area contributed by atoms with Crippen molar-refractivity contribution >= 4 is 9.84 Å². The molecule has 2 aliphatic heterocycles. The molecule has 2 saturated carbocycles. The molecule has 1 unspecified atom stereocenters. The summed E-state index contributed by atoms with van der Waals surface area (Å²) < 4.78 is 32.5. The largest absolute Gasteiger partial charge is 0.396 e. The van der Waals surface area contributed by atoms with Gasteiger partial charge < -0.3 is 20.1 Å². The molecule has 4 aliphatic rings. The Bertz CT molecular complexity index is 853. The minimum absolute atomic E-state index is 0.0702. The van der Waals surface area contributed by atoms with Crippen LogP contribution in [0.1, 0.15) is 39.5 Å². The maximum Gasteiger partial charge on any atom is 0.180 e. The van der Waals surface area contributed by atoms with Crippen molar-refractivity contribution in [3.05, 3.63) is 30.3 Å². The molecule has 162 valence electrons.